The number of carbonyl (C=O) groups excluding carboxylic acids is 2. The van der Waals surface area contributed by atoms with Crippen molar-refractivity contribution < 1.29 is 24.6 Å². The molecule has 0 radical (unpaired) electrons. The molecule has 4 atom stereocenters. The lowest BCUT2D eigenvalue weighted by atomic mass is 9.89. The highest BCUT2D eigenvalue weighted by molar-refractivity contribution is 5.97. The van der Waals surface area contributed by atoms with Crippen molar-refractivity contribution in [1.29, 1.82) is 10.8 Å². The normalized spacial score (nSPS) is 18.0. The Kier molecular flexibility index (Phi) is 15.9. The summed E-state index contributed by atoms with van der Waals surface area (Å²) in [6.45, 7) is 2.94. The lowest BCUT2D eigenvalue weighted by Crippen LogP contribution is -2.43. The van der Waals surface area contributed by atoms with Crippen molar-refractivity contribution in [3.63, 3.8) is 0 Å². The number of aromatic amines is 2. The van der Waals surface area contributed by atoms with E-state index in [-0.39, 0.29) is 60.3 Å². The number of aromatic hydroxyl groups is 1. The van der Waals surface area contributed by atoms with Crippen LogP contribution in [0.3, 0.4) is 0 Å². The van der Waals surface area contributed by atoms with E-state index in [0.717, 1.165) is 59.2 Å². The van der Waals surface area contributed by atoms with E-state index in [1.54, 1.807) is 84.9 Å². The summed E-state index contributed by atoms with van der Waals surface area (Å²) in [4.78, 5) is 70.2. The topological polar surface area (TPSA) is 238 Å². The molecule has 2 unspecified atom stereocenters. The molecule has 0 bridgehead atoms. The first-order valence-electron chi connectivity index (χ1n) is 22.0. The quantitative estimate of drug-likeness (QED) is 0.0484. The van der Waals surface area contributed by atoms with Crippen LogP contribution in [0.2, 0.25) is 0 Å². The first-order valence-corrected chi connectivity index (χ1v) is 22.0. The number of likely N-dealkylation sites (tertiary alicyclic amines) is 2. The predicted octanol–water partition coefficient (Wildman–Crippen LogP) is 7.64. The third-order valence-corrected chi connectivity index (χ3v) is 12.4. The number of aliphatic carboxylic acids is 1. The maximum atomic E-state index is 13.3. The fraction of sp³-hybridized carbons (Fsp3) is 0.264. The summed E-state index contributed by atoms with van der Waals surface area (Å²) < 4.78 is 0. The van der Waals surface area contributed by atoms with Crippen LogP contribution in [0.1, 0.15) is 84.6 Å². The van der Waals surface area contributed by atoms with Crippen molar-refractivity contribution in [3.05, 3.63) is 182 Å². The number of hydrogen-bond donors (Lipinski definition) is 7. The standard InChI is InChI=1S/C26H26N4O4.C26H27N3O3.CH4/c27-24(28)19-4-1-3-16(13-19)14-21(26(33)34)22-5-2-12-30(22)25(32)18-8-6-17(7-9-18)20-10-11-23(31)29-15-20;1-17(27)20-9-12-24(30)21(15-20)8-11-23-3-2-14-29(23)26(32)19-6-4-18(5-7-19)22-10-13-25(31)28-16-22;/h1,3-4,6-11,13,15,21-22H,2,5,12,14H2,(H3,27,28)(H,29,31)(H,33,34);4-6,8-13,15-16,19,23,27,30H,2-3,7,14H2,1H3,(H,28,31);1H4/b;11-8+,27-17?;/t21?,22-;19?,23-;/m11./s1. The minimum Gasteiger partial charge on any atom is -0.507 e. The molecule has 5 aromatic rings. The average molecular weight is 904 g/mol. The molecule has 14 nitrogen and oxygen atoms in total. The van der Waals surface area contributed by atoms with Crippen LogP contribution in [0.5, 0.6) is 5.75 Å². The lowest BCUT2D eigenvalue weighted by molar-refractivity contribution is -0.143. The average Bonchev–Trinajstić information content (AvgIpc) is 4.01. The Morgan fingerprint density at radius 2 is 1.48 bits per heavy atom. The lowest BCUT2D eigenvalue weighted by Gasteiger charge is -2.30. The Labute approximate surface area is 389 Å². The zero-order valence-electron chi connectivity index (χ0n) is 36.6. The molecule has 67 heavy (non-hydrogen) atoms. The second-order valence-electron chi connectivity index (χ2n) is 16.8. The number of carboxylic acids is 1. The van der Waals surface area contributed by atoms with Crippen molar-refractivity contribution in [3.8, 4) is 16.9 Å². The summed E-state index contributed by atoms with van der Waals surface area (Å²) in [5.74, 6) is -1.92. The minimum atomic E-state index is -0.952. The molecule has 2 saturated heterocycles. The van der Waals surface area contributed by atoms with E-state index in [4.69, 9.17) is 16.6 Å². The predicted molar refractivity (Wildman–Crippen MR) is 262 cm³/mol. The number of hydrogen-bond acceptors (Lipinski definition) is 8. The van der Waals surface area contributed by atoms with Crippen LogP contribution < -0.4 is 16.9 Å². The molecule has 346 valence electrons. The number of aromatic nitrogens is 2. The number of H-pyrrole nitrogens is 2. The number of phenols is 1. The molecule has 4 heterocycles. The molecule has 3 aromatic carbocycles. The van der Waals surface area contributed by atoms with Gasteiger partial charge >= 0.3 is 5.97 Å². The number of rotatable bonds is 12. The fourth-order valence-electron chi connectivity index (χ4n) is 8.75. The van der Waals surface area contributed by atoms with Gasteiger partial charge in [-0.25, -0.2) is 0 Å². The first kappa shape index (κ1) is 48.6. The number of nitrogens with two attached hydrogens (primary N) is 1. The SMILES string of the molecule is C.CC(=N)c1ccc(O)c(/C=C/[C@H]2CCCN2C(=O)C2C=CC(c3ccc(=O)[nH]c3)=CC2)c1.N=C(N)c1cccc(CC(C(=O)O)[C@H]2CCCN2C(=O)c2ccc(-c3ccc(=O)[nH]c3)cc2)c1. The van der Waals surface area contributed by atoms with Gasteiger partial charge in [-0.05, 0) is 127 Å². The van der Waals surface area contributed by atoms with Crippen LogP contribution in [-0.2, 0) is 16.0 Å². The molecule has 2 amide bonds. The number of nitrogens with one attached hydrogen (secondary N) is 4. The summed E-state index contributed by atoms with van der Waals surface area (Å²) in [6, 6.07) is 25.2. The van der Waals surface area contributed by atoms with Gasteiger partial charge < -0.3 is 41.1 Å². The molecule has 8 N–H and O–H groups in total. The van der Waals surface area contributed by atoms with Crippen LogP contribution in [0, 0.1) is 22.7 Å². The summed E-state index contributed by atoms with van der Waals surface area (Å²) in [7, 11) is 0. The maximum Gasteiger partial charge on any atom is 0.308 e. The van der Waals surface area contributed by atoms with E-state index < -0.39 is 17.9 Å². The number of carbonyl (C=O) groups is 3. The van der Waals surface area contributed by atoms with Gasteiger partial charge in [0.25, 0.3) is 5.91 Å². The summed E-state index contributed by atoms with van der Waals surface area (Å²) in [6.07, 6.45) is 17.1. The Bertz CT molecular complexity index is 2820. The van der Waals surface area contributed by atoms with Gasteiger partial charge in [0, 0.05) is 66.1 Å². The summed E-state index contributed by atoms with van der Waals surface area (Å²) >= 11 is 0. The van der Waals surface area contributed by atoms with Gasteiger partial charge in [0.15, 0.2) is 0 Å². The molecule has 0 saturated carbocycles. The number of nitrogens with zero attached hydrogens (tertiary/aromatic N) is 2. The van der Waals surface area contributed by atoms with E-state index in [1.165, 1.54) is 12.1 Å². The monoisotopic (exact) mass is 903 g/mol. The third-order valence-electron chi connectivity index (χ3n) is 12.4. The van der Waals surface area contributed by atoms with Crippen LogP contribution in [0.25, 0.3) is 22.8 Å². The molecule has 1 aliphatic carbocycles. The largest absolute Gasteiger partial charge is 0.507 e. The number of amidine groups is 1. The highest BCUT2D eigenvalue weighted by Crippen LogP contribution is 2.31. The molecule has 2 fully saturated rings. The molecule has 8 rings (SSSR count). The Morgan fingerprint density at radius 3 is 2.10 bits per heavy atom. The van der Waals surface area contributed by atoms with Crippen LogP contribution in [0.4, 0.5) is 0 Å². The maximum absolute atomic E-state index is 13.3. The van der Waals surface area contributed by atoms with Crippen molar-refractivity contribution in [2.45, 2.75) is 65.0 Å². The van der Waals surface area contributed by atoms with E-state index in [2.05, 4.69) is 9.97 Å². The molecule has 14 heteroatoms. The van der Waals surface area contributed by atoms with Crippen LogP contribution in [0.15, 0.2) is 137 Å². The molecule has 0 spiro atoms. The van der Waals surface area contributed by atoms with E-state index in [9.17, 15) is 34.2 Å². The van der Waals surface area contributed by atoms with Crippen molar-refractivity contribution in [2.75, 3.05) is 13.1 Å². The summed E-state index contributed by atoms with van der Waals surface area (Å²) in [5, 5.41) is 35.6. The Morgan fingerprint density at radius 1 is 0.821 bits per heavy atom. The Balaban J connectivity index is 0.000000218. The number of benzene rings is 3. The van der Waals surface area contributed by atoms with Crippen LogP contribution >= 0.6 is 0 Å². The van der Waals surface area contributed by atoms with Gasteiger partial charge in [0.05, 0.1) is 17.9 Å². The van der Waals surface area contributed by atoms with Gasteiger partial charge in [0.2, 0.25) is 17.0 Å². The smallest absolute Gasteiger partial charge is 0.308 e. The van der Waals surface area contributed by atoms with Gasteiger partial charge in [-0.3, -0.25) is 29.4 Å². The highest BCUT2D eigenvalue weighted by atomic mass is 16.4. The molecule has 3 aliphatic rings. The van der Waals surface area contributed by atoms with Gasteiger partial charge in [-0.1, -0.05) is 68.1 Å². The highest BCUT2D eigenvalue weighted by Gasteiger charge is 2.39. The minimum absolute atomic E-state index is 0. The second kappa shape index (κ2) is 21.9. The molecular weight excluding hydrogens is 847 g/mol. The van der Waals surface area contributed by atoms with Gasteiger partial charge in [0.1, 0.15) is 11.6 Å². The van der Waals surface area contributed by atoms with Crippen molar-refractivity contribution >= 4 is 41.0 Å². The number of allylic oxidation sites excluding steroid dienone is 3. The Hall–Kier alpha value is -7.87. The number of pyridine rings is 2. The van der Waals surface area contributed by atoms with E-state index in [0.29, 0.717) is 41.8 Å². The summed E-state index contributed by atoms with van der Waals surface area (Å²) in [5.41, 5.74) is 12.5. The molecule has 2 aliphatic heterocycles. The van der Waals surface area contributed by atoms with Gasteiger partial charge in [-0.15, -0.1) is 0 Å². The number of carboxylic acid groups (broad SMARTS) is 1. The number of nitrogen functional groups attached to an aromatic ring is 1. The molecular formula is C53H57N7O7. The van der Waals surface area contributed by atoms with E-state index in [1.807, 2.05) is 53.5 Å². The zero-order valence-corrected chi connectivity index (χ0v) is 36.6. The first-order chi connectivity index (χ1) is 31.7. The van der Waals surface area contributed by atoms with Gasteiger partial charge in [-0.2, -0.15) is 0 Å². The van der Waals surface area contributed by atoms with Crippen molar-refractivity contribution in [2.24, 2.45) is 17.6 Å². The zero-order chi connectivity index (χ0) is 46.9. The molecule has 2 aromatic heterocycles. The third kappa shape index (κ3) is 11.9. The van der Waals surface area contributed by atoms with E-state index >= 15 is 0 Å². The fourth-order valence-corrected chi connectivity index (χ4v) is 8.75. The number of amides is 2. The van der Waals surface area contributed by atoms with Crippen LogP contribution in [-0.4, -0.2) is 84.5 Å². The number of phenolic OH excluding ortho intramolecular Hbond substituents is 1. The van der Waals surface area contributed by atoms with Crippen molar-refractivity contribution in [1.82, 2.24) is 19.8 Å². The second-order valence-corrected chi connectivity index (χ2v) is 16.8.